The van der Waals surface area contributed by atoms with Crippen LogP contribution in [0.3, 0.4) is 0 Å². The topological polar surface area (TPSA) is 57.5 Å². The Hall–Kier alpha value is -1.61. The van der Waals surface area contributed by atoms with Gasteiger partial charge in [-0.1, -0.05) is 30.7 Å². The number of piperidine rings is 1. The molecule has 7 heteroatoms. The summed E-state index contributed by atoms with van der Waals surface area (Å²) in [6.07, 6.45) is 9.02. The van der Waals surface area contributed by atoms with E-state index >= 15 is 0 Å². The maximum absolute atomic E-state index is 4.37. The van der Waals surface area contributed by atoms with Crippen molar-refractivity contribution in [3.05, 3.63) is 53.9 Å². The summed E-state index contributed by atoms with van der Waals surface area (Å²) >= 11 is 0. The van der Waals surface area contributed by atoms with Crippen molar-refractivity contribution in [2.75, 3.05) is 26.7 Å². The van der Waals surface area contributed by atoms with Gasteiger partial charge in [-0.05, 0) is 49.9 Å². The summed E-state index contributed by atoms with van der Waals surface area (Å²) in [5.74, 6) is 0.862. The molecule has 0 aliphatic carbocycles. The minimum Gasteiger partial charge on any atom is -0.356 e. The van der Waals surface area contributed by atoms with Gasteiger partial charge in [-0.3, -0.25) is 9.67 Å². The highest BCUT2D eigenvalue weighted by Gasteiger charge is 2.17. The highest BCUT2D eigenvalue weighted by Crippen LogP contribution is 2.16. The molecule has 1 atom stereocenters. The molecule has 1 saturated heterocycles. The summed E-state index contributed by atoms with van der Waals surface area (Å²) in [5, 5.41) is 11.2. The van der Waals surface area contributed by atoms with E-state index in [1.54, 1.807) is 0 Å². The lowest BCUT2D eigenvalue weighted by Crippen LogP contribution is -2.41. The van der Waals surface area contributed by atoms with Crippen molar-refractivity contribution in [2.45, 2.75) is 51.7 Å². The van der Waals surface area contributed by atoms with Crippen LogP contribution in [0, 0.1) is 0 Å². The van der Waals surface area contributed by atoms with Crippen LogP contribution >= 0.6 is 24.0 Å². The summed E-state index contributed by atoms with van der Waals surface area (Å²) in [7, 11) is 1.83. The summed E-state index contributed by atoms with van der Waals surface area (Å²) < 4.78 is 1.95. The van der Waals surface area contributed by atoms with Crippen molar-refractivity contribution in [1.29, 1.82) is 0 Å². The average molecular weight is 510 g/mol. The number of aliphatic imine (C=N–C) groups is 1. The lowest BCUT2D eigenvalue weighted by molar-refractivity contribution is 0.159. The number of nitrogens with one attached hydrogen (secondary N) is 2. The second-order valence-corrected chi connectivity index (χ2v) is 7.56. The molecule has 2 N–H and O–H groups in total. The fraction of sp³-hybridized carbons (Fsp3) is 0.545. The molecule has 160 valence electrons. The molecule has 0 amide bonds. The Morgan fingerprint density at radius 3 is 2.72 bits per heavy atom. The number of likely N-dealkylation sites (tertiary alicyclic amines) is 1. The fourth-order valence-corrected chi connectivity index (χ4v) is 3.83. The number of halogens is 1. The van der Waals surface area contributed by atoms with E-state index in [-0.39, 0.29) is 24.0 Å². The fourth-order valence-electron chi connectivity index (χ4n) is 3.83. The maximum Gasteiger partial charge on any atom is 0.191 e. The molecule has 29 heavy (non-hydrogen) atoms. The predicted octanol–water partition coefficient (Wildman–Crippen LogP) is 3.48. The van der Waals surface area contributed by atoms with Crippen LogP contribution in [-0.2, 0) is 13.1 Å². The first-order chi connectivity index (χ1) is 13.8. The molecule has 6 nitrogen and oxygen atoms in total. The highest BCUT2D eigenvalue weighted by atomic mass is 127. The van der Waals surface area contributed by atoms with Crippen LogP contribution < -0.4 is 10.6 Å². The van der Waals surface area contributed by atoms with Gasteiger partial charge < -0.3 is 15.5 Å². The minimum atomic E-state index is 0. The van der Waals surface area contributed by atoms with Gasteiger partial charge in [0, 0.05) is 45.1 Å². The van der Waals surface area contributed by atoms with E-state index in [9.17, 15) is 0 Å². The van der Waals surface area contributed by atoms with Crippen LogP contribution in [0.2, 0.25) is 0 Å². The largest absolute Gasteiger partial charge is 0.356 e. The van der Waals surface area contributed by atoms with Crippen LogP contribution in [0.4, 0.5) is 0 Å². The normalized spacial score (nSPS) is 17.6. The zero-order valence-corrected chi connectivity index (χ0v) is 20.0. The van der Waals surface area contributed by atoms with E-state index in [0.717, 1.165) is 44.6 Å². The molecule has 0 saturated carbocycles. The first-order valence-corrected chi connectivity index (χ1v) is 10.5. The molecular weight excluding hydrogens is 475 g/mol. The standard InChI is InChI=1S/C22H34N6.HI/c1-19-9-5-6-14-27(19)15-7-12-24-22(23-2)25-17-20-10-3-4-11-21(20)18-28-16-8-13-26-28;/h3-4,8,10-11,13,16,19H,5-7,9,12,14-15,17-18H2,1-2H3,(H2,23,24,25);1H. The Morgan fingerprint density at radius 2 is 2.00 bits per heavy atom. The van der Waals surface area contributed by atoms with Gasteiger partial charge in [0.25, 0.3) is 0 Å². The van der Waals surface area contributed by atoms with Gasteiger partial charge in [-0.25, -0.2) is 0 Å². The second-order valence-electron chi connectivity index (χ2n) is 7.56. The minimum absolute atomic E-state index is 0. The quantitative estimate of drug-likeness (QED) is 0.247. The summed E-state index contributed by atoms with van der Waals surface area (Å²) in [6.45, 7) is 7.25. The van der Waals surface area contributed by atoms with Gasteiger partial charge in [0.15, 0.2) is 5.96 Å². The zero-order valence-electron chi connectivity index (χ0n) is 17.7. The third kappa shape index (κ3) is 7.62. The summed E-state index contributed by atoms with van der Waals surface area (Å²) in [6, 6.07) is 11.2. The van der Waals surface area contributed by atoms with Crippen LogP contribution in [-0.4, -0.2) is 53.4 Å². The monoisotopic (exact) mass is 510 g/mol. The van der Waals surface area contributed by atoms with Crippen molar-refractivity contribution in [3.63, 3.8) is 0 Å². The van der Waals surface area contributed by atoms with Gasteiger partial charge in [0.05, 0.1) is 6.54 Å². The van der Waals surface area contributed by atoms with Gasteiger partial charge in [0.2, 0.25) is 0 Å². The summed E-state index contributed by atoms with van der Waals surface area (Å²) in [5.41, 5.74) is 2.54. The van der Waals surface area contributed by atoms with E-state index in [2.05, 4.69) is 56.8 Å². The van der Waals surface area contributed by atoms with E-state index in [0.29, 0.717) is 0 Å². The van der Waals surface area contributed by atoms with Gasteiger partial charge >= 0.3 is 0 Å². The Bertz CT molecular complexity index is 731. The summed E-state index contributed by atoms with van der Waals surface area (Å²) in [4.78, 5) is 6.99. The number of aromatic nitrogens is 2. The molecule has 0 spiro atoms. The van der Waals surface area contributed by atoms with Crippen LogP contribution in [0.5, 0.6) is 0 Å². The van der Waals surface area contributed by atoms with Crippen molar-refractivity contribution >= 4 is 29.9 Å². The Balaban J connectivity index is 0.00000300. The average Bonchev–Trinajstić information content (AvgIpc) is 3.23. The molecule has 1 aliphatic heterocycles. The molecule has 1 aromatic carbocycles. The van der Waals surface area contributed by atoms with Crippen molar-refractivity contribution in [1.82, 2.24) is 25.3 Å². The molecule has 1 aromatic heterocycles. The van der Waals surface area contributed by atoms with Gasteiger partial charge in [-0.2, -0.15) is 5.10 Å². The molecule has 0 radical (unpaired) electrons. The highest BCUT2D eigenvalue weighted by molar-refractivity contribution is 14.0. The second kappa shape index (κ2) is 12.8. The number of guanidine groups is 1. The van der Waals surface area contributed by atoms with E-state index in [4.69, 9.17) is 0 Å². The SMILES string of the molecule is CN=C(NCCCN1CCCCC1C)NCc1ccccc1Cn1cccn1.I. The smallest absolute Gasteiger partial charge is 0.191 e. The van der Waals surface area contributed by atoms with Crippen molar-refractivity contribution in [2.24, 2.45) is 4.99 Å². The molecule has 2 heterocycles. The van der Waals surface area contributed by atoms with Gasteiger partial charge in [0.1, 0.15) is 0 Å². The molecule has 0 bridgehead atoms. The number of benzene rings is 1. The third-order valence-corrected chi connectivity index (χ3v) is 5.53. The molecule has 1 fully saturated rings. The number of nitrogens with zero attached hydrogens (tertiary/aromatic N) is 4. The van der Waals surface area contributed by atoms with Crippen LogP contribution in [0.1, 0.15) is 43.7 Å². The predicted molar refractivity (Wildman–Crippen MR) is 131 cm³/mol. The first kappa shape index (κ1) is 23.7. The molecular formula is C22H35IN6. The number of hydrogen-bond acceptors (Lipinski definition) is 3. The van der Waals surface area contributed by atoms with Crippen molar-refractivity contribution < 1.29 is 0 Å². The molecule has 2 aromatic rings. The maximum atomic E-state index is 4.37. The lowest BCUT2D eigenvalue weighted by atomic mass is 10.0. The first-order valence-electron chi connectivity index (χ1n) is 10.5. The molecule has 1 unspecified atom stereocenters. The van der Waals surface area contributed by atoms with E-state index in [1.807, 2.05) is 30.2 Å². The number of rotatable bonds is 8. The van der Waals surface area contributed by atoms with Crippen molar-refractivity contribution in [3.8, 4) is 0 Å². The Kier molecular flexibility index (Phi) is 10.5. The third-order valence-electron chi connectivity index (χ3n) is 5.53. The Labute approximate surface area is 192 Å². The van der Waals surface area contributed by atoms with Gasteiger partial charge in [-0.15, -0.1) is 24.0 Å². The Morgan fingerprint density at radius 1 is 1.17 bits per heavy atom. The lowest BCUT2D eigenvalue weighted by Gasteiger charge is -2.33. The van der Waals surface area contributed by atoms with E-state index < -0.39 is 0 Å². The number of hydrogen-bond donors (Lipinski definition) is 2. The zero-order chi connectivity index (χ0) is 19.6. The molecule has 3 rings (SSSR count). The van der Waals surface area contributed by atoms with Crippen LogP contribution in [0.15, 0.2) is 47.7 Å². The van der Waals surface area contributed by atoms with Crippen LogP contribution in [0.25, 0.3) is 0 Å². The molecule has 1 aliphatic rings. The van der Waals surface area contributed by atoms with E-state index in [1.165, 1.54) is 36.9 Å².